The summed E-state index contributed by atoms with van der Waals surface area (Å²) in [5.74, 6) is 0.203. The van der Waals surface area contributed by atoms with Gasteiger partial charge in [0.1, 0.15) is 5.75 Å². The maximum atomic E-state index is 12.3. The molecule has 0 unspecified atom stereocenters. The first-order valence-corrected chi connectivity index (χ1v) is 8.93. The summed E-state index contributed by atoms with van der Waals surface area (Å²) in [5.41, 5.74) is 0.915. The zero-order valence-corrected chi connectivity index (χ0v) is 13.3. The molecular weight excluding hydrogens is 288 g/mol. The van der Waals surface area contributed by atoms with Crippen molar-refractivity contribution in [3.8, 4) is 5.75 Å². The molecule has 118 valence electrons. The molecule has 1 aromatic carbocycles. The van der Waals surface area contributed by atoms with E-state index in [1.165, 1.54) is 10.7 Å². The van der Waals surface area contributed by atoms with Crippen LogP contribution in [-0.4, -0.2) is 37.5 Å². The minimum Gasteiger partial charge on any atom is -0.508 e. The number of nitrogens with one attached hydrogen (secondary N) is 1. The minimum absolute atomic E-state index is 0.122. The molecular formula is C15H24N2O3S. The quantitative estimate of drug-likeness (QED) is 0.844. The second-order valence-electron chi connectivity index (χ2n) is 5.63. The van der Waals surface area contributed by atoms with Crippen LogP contribution in [0.3, 0.4) is 0 Å². The SMILES string of the molecule is CN(C1CCCCC1)S(=O)(=O)NCCc1cccc(O)c1. The van der Waals surface area contributed by atoms with E-state index in [0.717, 1.165) is 31.2 Å². The topological polar surface area (TPSA) is 69.6 Å². The Labute approximate surface area is 127 Å². The fourth-order valence-corrected chi connectivity index (χ4v) is 3.95. The summed E-state index contributed by atoms with van der Waals surface area (Å²) in [6.45, 7) is 0.336. The van der Waals surface area contributed by atoms with Crippen molar-refractivity contribution >= 4 is 10.2 Å². The van der Waals surface area contributed by atoms with E-state index in [1.54, 1.807) is 25.2 Å². The van der Waals surface area contributed by atoms with Gasteiger partial charge in [0.05, 0.1) is 0 Å². The van der Waals surface area contributed by atoms with Gasteiger partial charge in [-0.2, -0.15) is 12.7 Å². The second kappa shape index (κ2) is 7.24. The first kappa shape index (κ1) is 16.3. The first-order valence-electron chi connectivity index (χ1n) is 7.49. The normalized spacial score (nSPS) is 17.2. The van der Waals surface area contributed by atoms with E-state index in [4.69, 9.17) is 0 Å². The number of hydrogen-bond acceptors (Lipinski definition) is 3. The Morgan fingerprint density at radius 2 is 2.00 bits per heavy atom. The Morgan fingerprint density at radius 3 is 2.67 bits per heavy atom. The van der Waals surface area contributed by atoms with Crippen molar-refractivity contribution in [1.82, 2.24) is 9.03 Å². The van der Waals surface area contributed by atoms with Crippen LogP contribution in [0, 0.1) is 0 Å². The van der Waals surface area contributed by atoms with E-state index in [0.29, 0.717) is 13.0 Å². The van der Waals surface area contributed by atoms with Crippen LogP contribution in [0.1, 0.15) is 37.7 Å². The summed E-state index contributed by atoms with van der Waals surface area (Å²) in [7, 11) is -1.76. The van der Waals surface area contributed by atoms with Crippen molar-refractivity contribution in [3.63, 3.8) is 0 Å². The van der Waals surface area contributed by atoms with Crippen LogP contribution in [0.5, 0.6) is 5.75 Å². The maximum absolute atomic E-state index is 12.3. The Hall–Kier alpha value is -1.11. The average Bonchev–Trinajstić information content (AvgIpc) is 2.47. The smallest absolute Gasteiger partial charge is 0.279 e. The minimum atomic E-state index is -3.42. The highest BCUT2D eigenvalue weighted by molar-refractivity contribution is 7.87. The molecule has 0 radical (unpaired) electrons. The molecule has 0 aliphatic heterocycles. The van der Waals surface area contributed by atoms with Crippen LogP contribution >= 0.6 is 0 Å². The van der Waals surface area contributed by atoms with Crippen LogP contribution < -0.4 is 4.72 Å². The van der Waals surface area contributed by atoms with Gasteiger partial charge in [0.25, 0.3) is 10.2 Å². The lowest BCUT2D eigenvalue weighted by Crippen LogP contribution is -2.45. The molecule has 0 bridgehead atoms. The Bertz CT molecular complexity index is 554. The van der Waals surface area contributed by atoms with Crippen molar-refractivity contribution in [2.45, 2.75) is 44.6 Å². The highest BCUT2D eigenvalue weighted by atomic mass is 32.2. The third-order valence-corrected chi connectivity index (χ3v) is 5.70. The summed E-state index contributed by atoms with van der Waals surface area (Å²) in [6, 6.07) is 7.01. The van der Waals surface area contributed by atoms with Gasteiger partial charge in [-0.05, 0) is 37.0 Å². The van der Waals surface area contributed by atoms with Gasteiger partial charge in [-0.1, -0.05) is 31.4 Å². The zero-order valence-electron chi connectivity index (χ0n) is 12.5. The lowest BCUT2D eigenvalue weighted by Gasteiger charge is -2.30. The lowest BCUT2D eigenvalue weighted by atomic mass is 9.96. The van der Waals surface area contributed by atoms with Gasteiger partial charge in [-0.15, -0.1) is 0 Å². The molecule has 5 nitrogen and oxygen atoms in total. The van der Waals surface area contributed by atoms with Crippen LogP contribution in [0.2, 0.25) is 0 Å². The number of hydrogen-bond donors (Lipinski definition) is 2. The molecule has 2 rings (SSSR count). The van der Waals surface area contributed by atoms with Crippen molar-refractivity contribution in [2.75, 3.05) is 13.6 Å². The third kappa shape index (κ3) is 4.69. The van der Waals surface area contributed by atoms with Crippen LogP contribution in [-0.2, 0) is 16.6 Å². The van der Waals surface area contributed by atoms with Crippen LogP contribution in [0.25, 0.3) is 0 Å². The predicted molar refractivity (Wildman–Crippen MR) is 83.4 cm³/mol. The zero-order chi connectivity index (χ0) is 15.3. The van der Waals surface area contributed by atoms with E-state index in [9.17, 15) is 13.5 Å². The fourth-order valence-electron chi connectivity index (χ4n) is 2.78. The van der Waals surface area contributed by atoms with Crippen molar-refractivity contribution in [3.05, 3.63) is 29.8 Å². The number of aromatic hydroxyl groups is 1. The monoisotopic (exact) mass is 312 g/mol. The molecule has 6 heteroatoms. The molecule has 2 N–H and O–H groups in total. The number of phenolic OH excluding ortho intramolecular Hbond substituents is 1. The molecule has 1 aliphatic carbocycles. The number of phenols is 1. The summed E-state index contributed by atoms with van der Waals surface area (Å²) in [4.78, 5) is 0. The van der Waals surface area contributed by atoms with Gasteiger partial charge >= 0.3 is 0 Å². The molecule has 0 saturated heterocycles. The van der Waals surface area contributed by atoms with E-state index in [-0.39, 0.29) is 11.8 Å². The van der Waals surface area contributed by atoms with Crippen LogP contribution in [0.15, 0.2) is 24.3 Å². The molecule has 1 fully saturated rings. The largest absolute Gasteiger partial charge is 0.508 e. The maximum Gasteiger partial charge on any atom is 0.279 e. The fraction of sp³-hybridized carbons (Fsp3) is 0.600. The second-order valence-corrected chi connectivity index (χ2v) is 7.44. The van der Waals surface area contributed by atoms with Crippen LogP contribution in [0.4, 0.5) is 0 Å². The summed E-state index contributed by atoms with van der Waals surface area (Å²) >= 11 is 0. The molecule has 1 aromatic rings. The van der Waals surface area contributed by atoms with E-state index in [2.05, 4.69) is 4.72 Å². The van der Waals surface area contributed by atoms with Crippen molar-refractivity contribution < 1.29 is 13.5 Å². The summed E-state index contributed by atoms with van der Waals surface area (Å²) < 4.78 is 28.6. The standard InChI is InChI=1S/C15H24N2O3S/c1-17(14-7-3-2-4-8-14)21(19,20)16-11-10-13-6-5-9-15(18)12-13/h5-6,9,12,14,16,18H,2-4,7-8,10-11H2,1H3. The first-order chi connectivity index (χ1) is 9.99. The highest BCUT2D eigenvalue weighted by Gasteiger charge is 2.26. The number of rotatable bonds is 6. The Kier molecular flexibility index (Phi) is 5.61. The predicted octanol–water partition coefficient (Wildman–Crippen LogP) is 2.03. The van der Waals surface area contributed by atoms with E-state index < -0.39 is 10.2 Å². The molecule has 1 aliphatic rings. The van der Waals surface area contributed by atoms with Crippen molar-refractivity contribution in [2.24, 2.45) is 0 Å². The van der Waals surface area contributed by atoms with Gasteiger partial charge in [-0.25, -0.2) is 4.72 Å². The lowest BCUT2D eigenvalue weighted by molar-refractivity contribution is 0.283. The molecule has 0 amide bonds. The molecule has 0 spiro atoms. The van der Waals surface area contributed by atoms with Crippen molar-refractivity contribution in [1.29, 1.82) is 0 Å². The van der Waals surface area contributed by atoms with E-state index >= 15 is 0 Å². The Morgan fingerprint density at radius 1 is 1.29 bits per heavy atom. The third-order valence-electron chi connectivity index (χ3n) is 4.08. The van der Waals surface area contributed by atoms with Gasteiger partial charge in [-0.3, -0.25) is 0 Å². The van der Waals surface area contributed by atoms with Gasteiger partial charge in [0.15, 0.2) is 0 Å². The molecule has 0 aromatic heterocycles. The highest BCUT2D eigenvalue weighted by Crippen LogP contribution is 2.23. The number of nitrogens with zero attached hydrogens (tertiary/aromatic N) is 1. The Balaban J connectivity index is 1.85. The van der Waals surface area contributed by atoms with Gasteiger partial charge < -0.3 is 5.11 Å². The molecule has 1 saturated carbocycles. The van der Waals surface area contributed by atoms with Gasteiger partial charge in [0, 0.05) is 19.6 Å². The molecule has 21 heavy (non-hydrogen) atoms. The van der Waals surface area contributed by atoms with E-state index in [1.807, 2.05) is 6.07 Å². The molecule has 0 heterocycles. The summed E-state index contributed by atoms with van der Waals surface area (Å²) in [6.07, 6.45) is 5.87. The average molecular weight is 312 g/mol. The molecule has 0 atom stereocenters. The van der Waals surface area contributed by atoms with Gasteiger partial charge in [0.2, 0.25) is 0 Å². The number of benzene rings is 1. The summed E-state index contributed by atoms with van der Waals surface area (Å²) in [5, 5.41) is 9.38.